The lowest BCUT2D eigenvalue weighted by molar-refractivity contribution is -0.141. The van der Waals surface area contributed by atoms with E-state index < -0.39 is 6.04 Å². The zero-order valence-electron chi connectivity index (χ0n) is 18.9. The van der Waals surface area contributed by atoms with Crippen LogP contribution in [0.3, 0.4) is 0 Å². The van der Waals surface area contributed by atoms with Gasteiger partial charge in [-0.1, -0.05) is 82.3 Å². The minimum Gasteiger partial charge on any atom is -0.354 e. The number of carbonyl (C=O) groups is 2. The second-order valence-electron chi connectivity index (χ2n) is 8.12. The number of hydrogen-bond acceptors (Lipinski definition) is 2. The molecule has 0 bridgehead atoms. The summed E-state index contributed by atoms with van der Waals surface area (Å²) < 4.78 is 0. The fourth-order valence-corrected chi connectivity index (χ4v) is 3.53. The first-order chi connectivity index (χ1) is 14.5. The molecular formula is C26H36N2O2. The van der Waals surface area contributed by atoms with Gasteiger partial charge in [-0.2, -0.15) is 0 Å². The van der Waals surface area contributed by atoms with Crippen LogP contribution in [0.4, 0.5) is 0 Å². The average Bonchev–Trinajstić information content (AvgIpc) is 2.76. The summed E-state index contributed by atoms with van der Waals surface area (Å²) in [6, 6.07) is 17.9. The van der Waals surface area contributed by atoms with Gasteiger partial charge in [0.1, 0.15) is 6.04 Å². The number of hydrogen-bond donors (Lipinski definition) is 1. The smallest absolute Gasteiger partial charge is 0.242 e. The summed E-state index contributed by atoms with van der Waals surface area (Å²) in [6.07, 6.45) is 2.54. The molecule has 0 spiro atoms. The van der Waals surface area contributed by atoms with Gasteiger partial charge in [-0.25, -0.2) is 0 Å². The Bertz CT molecular complexity index is 784. The van der Waals surface area contributed by atoms with Gasteiger partial charge >= 0.3 is 0 Å². The minimum absolute atomic E-state index is 0.0188. The van der Waals surface area contributed by atoms with E-state index >= 15 is 0 Å². The molecule has 4 heteroatoms. The largest absolute Gasteiger partial charge is 0.354 e. The molecule has 1 atom stereocenters. The molecule has 0 saturated heterocycles. The number of carbonyl (C=O) groups excluding carboxylic acids is 2. The van der Waals surface area contributed by atoms with Crippen molar-refractivity contribution in [2.24, 2.45) is 0 Å². The highest BCUT2D eigenvalue weighted by Crippen LogP contribution is 2.17. The fourth-order valence-electron chi connectivity index (χ4n) is 3.53. The monoisotopic (exact) mass is 408 g/mol. The lowest BCUT2D eigenvalue weighted by Gasteiger charge is -2.30. The Labute approximate surface area is 181 Å². The number of aryl methyl sites for hydroxylation is 1. The van der Waals surface area contributed by atoms with Gasteiger partial charge in [-0.05, 0) is 41.9 Å². The van der Waals surface area contributed by atoms with Crippen molar-refractivity contribution in [3.63, 3.8) is 0 Å². The van der Waals surface area contributed by atoms with E-state index in [2.05, 4.69) is 43.4 Å². The first-order valence-corrected chi connectivity index (χ1v) is 11.2. The van der Waals surface area contributed by atoms with Crippen LogP contribution in [0.1, 0.15) is 69.6 Å². The highest BCUT2D eigenvalue weighted by molar-refractivity contribution is 5.87. The summed E-state index contributed by atoms with van der Waals surface area (Å²) >= 11 is 0. The van der Waals surface area contributed by atoms with Crippen molar-refractivity contribution >= 4 is 11.8 Å². The van der Waals surface area contributed by atoms with Crippen LogP contribution in [0, 0.1) is 0 Å². The molecule has 0 radical (unpaired) electrons. The molecule has 162 valence electrons. The Balaban J connectivity index is 2.13. The van der Waals surface area contributed by atoms with E-state index in [1.807, 2.05) is 44.2 Å². The molecule has 2 rings (SSSR count). The summed E-state index contributed by atoms with van der Waals surface area (Å²) in [6.45, 7) is 9.42. The topological polar surface area (TPSA) is 49.4 Å². The second kappa shape index (κ2) is 12.2. The van der Waals surface area contributed by atoms with Crippen molar-refractivity contribution < 1.29 is 9.59 Å². The predicted molar refractivity (Wildman–Crippen MR) is 123 cm³/mol. The Morgan fingerprint density at radius 2 is 1.60 bits per heavy atom. The van der Waals surface area contributed by atoms with Gasteiger partial charge in [0.25, 0.3) is 0 Å². The van der Waals surface area contributed by atoms with Crippen molar-refractivity contribution in [3.05, 3.63) is 71.3 Å². The average molecular weight is 409 g/mol. The normalized spacial score (nSPS) is 11.9. The minimum atomic E-state index is -0.451. The Hall–Kier alpha value is -2.62. The van der Waals surface area contributed by atoms with Gasteiger partial charge in [-0.3, -0.25) is 9.59 Å². The molecule has 0 saturated carbocycles. The molecule has 2 aromatic rings. The van der Waals surface area contributed by atoms with Crippen LogP contribution in [0.15, 0.2) is 54.6 Å². The zero-order valence-corrected chi connectivity index (χ0v) is 18.9. The van der Waals surface area contributed by atoms with Gasteiger partial charge in [0.15, 0.2) is 0 Å². The van der Waals surface area contributed by atoms with Crippen molar-refractivity contribution in [2.75, 3.05) is 6.54 Å². The summed E-state index contributed by atoms with van der Waals surface area (Å²) in [5, 5.41) is 2.96. The number of amides is 2. The fraction of sp³-hybridized carbons (Fsp3) is 0.462. The van der Waals surface area contributed by atoms with Gasteiger partial charge in [0.2, 0.25) is 11.8 Å². The Kier molecular flexibility index (Phi) is 9.59. The van der Waals surface area contributed by atoms with Crippen LogP contribution >= 0.6 is 0 Å². The zero-order chi connectivity index (χ0) is 21.9. The molecule has 0 aromatic heterocycles. The van der Waals surface area contributed by atoms with Crippen molar-refractivity contribution in [2.45, 2.75) is 71.9 Å². The van der Waals surface area contributed by atoms with Gasteiger partial charge in [-0.15, -0.1) is 0 Å². The van der Waals surface area contributed by atoms with Crippen LogP contribution in [0.25, 0.3) is 0 Å². The number of nitrogens with one attached hydrogen (secondary N) is 1. The summed E-state index contributed by atoms with van der Waals surface area (Å²) in [5.74, 6) is 0.448. The summed E-state index contributed by atoms with van der Waals surface area (Å²) in [5.41, 5.74) is 3.49. The highest BCUT2D eigenvalue weighted by atomic mass is 16.2. The molecule has 0 unspecified atom stereocenters. The molecule has 2 aromatic carbocycles. The number of nitrogens with zero attached hydrogens (tertiary/aromatic N) is 1. The SMILES string of the molecule is CCCNC(=O)[C@@H](CC)N(Cc1ccccc1)C(=O)CCc1ccc(C(C)C)cc1. The molecule has 1 N–H and O–H groups in total. The van der Waals surface area contributed by atoms with Crippen LogP contribution in [-0.4, -0.2) is 29.3 Å². The van der Waals surface area contributed by atoms with Crippen molar-refractivity contribution in [3.8, 4) is 0 Å². The van der Waals surface area contributed by atoms with Crippen molar-refractivity contribution in [1.29, 1.82) is 0 Å². The van der Waals surface area contributed by atoms with E-state index in [4.69, 9.17) is 0 Å². The molecule has 2 amide bonds. The van der Waals surface area contributed by atoms with Crippen LogP contribution < -0.4 is 5.32 Å². The van der Waals surface area contributed by atoms with Gasteiger partial charge < -0.3 is 10.2 Å². The predicted octanol–water partition coefficient (Wildman–Crippen LogP) is 5.08. The van der Waals surface area contributed by atoms with Crippen LogP contribution in [0.2, 0.25) is 0 Å². The standard InChI is InChI=1S/C26H36N2O2/c1-5-18-27-26(30)24(6-2)28(19-22-10-8-7-9-11-22)25(29)17-14-21-12-15-23(16-13-21)20(3)4/h7-13,15-16,20,24H,5-6,14,17-19H2,1-4H3,(H,27,30)/t24-/m1/s1. The van der Waals surface area contributed by atoms with Gasteiger partial charge in [0.05, 0.1) is 0 Å². The van der Waals surface area contributed by atoms with Crippen LogP contribution in [-0.2, 0) is 22.6 Å². The third-order valence-corrected chi connectivity index (χ3v) is 5.40. The molecule has 0 aliphatic rings. The lowest BCUT2D eigenvalue weighted by Crippen LogP contribution is -2.49. The van der Waals surface area contributed by atoms with E-state index in [0.717, 1.165) is 17.5 Å². The number of benzene rings is 2. The quantitative estimate of drug-likeness (QED) is 0.564. The van der Waals surface area contributed by atoms with E-state index in [-0.39, 0.29) is 11.8 Å². The molecule has 0 fully saturated rings. The van der Waals surface area contributed by atoms with E-state index in [0.29, 0.717) is 38.3 Å². The maximum absolute atomic E-state index is 13.2. The Morgan fingerprint density at radius 3 is 2.17 bits per heavy atom. The third kappa shape index (κ3) is 7.01. The maximum atomic E-state index is 13.2. The van der Waals surface area contributed by atoms with E-state index in [1.165, 1.54) is 5.56 Å². The lowest BCUT2D eigenvalue weighted by atomic mass is 10.00. The maximum Gasteiger partial charge on any atom is 0.242 e. The van der Waals surface area contributed by atoms with Crippen LogP contribution in [0.5, 0.6) is 0 Å². The molecule has 0 aliphatic heterocycles. The van der Waals surface area contributed by atoms with Crippen molar-refractivity contribution in [1.82, 2.24) is 10.2 Å². The highest BCUT2D eigenvalue weighted by Gasteiger charge is 2.28. The Morgan fingerprint density at radius 1 is 0.933 bits per heavy atom. The molecule has 0 heterocycles. The number of rotatable bonds is 11. The molecule has 0 aliphatic carbocycles. The molecule has 30 heavy (non-hydrogen) atoms. The van der Waals surface area contributed by atoms with Gasteiger partial charge in [0, 0.05) is 19.5 Å². The molecule has 4 nitrogen and oxygen atoms in total. The summed E-state index contributed by atoms with van der Waals surface area (Å²) in [4.78, 5) is 27.7. The second-order valence-corrected chi connectivity index (χ2v) is 8.12. The molecular weight excluding hydrogens is 372 g/mol. The first kappa shape index (κ1) is 23.7. The van der Waals surface area contributed by atoms with E-state index in [9.17, 15) is 9.59 Å². The third-order valence-electron chi connectivity index (χ3n) is 5.40. The summed E-state index contributed by atoms with van der Waals surface area (Å²) in [7, 11) is 0. The van der Waals surface area contributed by atoms with E-state index in [1.54, 1.807) is 4.90 Å². The first-order valence-electron chi connectivity index (χ1n) is 11.2.